The molecule has 2 N–H and O–H groups in total. The van der Waals surface area contributed by atoms with Gasteiger partial charge in [-0.2, -0.15) is 0 Å². The summed E-state index contributed by atoms with van der Waals surface area (Å²) in [4.78, 5) is 12.5. The van der Waals surface area contributed by atoms with Crippen LogP contribution in [-0.2, 0) is 15.6 Å². The first-order valence-electron chi connectivity index (χ1n) is 8.02. The molecule has 1 rings (SSSR count). The van der Waals surface area contributed by atoms with Gasteiger partial charge in [0.2, 0.25) is 0 Å². The van der Waals surface area contributed by atoms with Crippen molar-refractivity contribution < 1.29 is 15.0 Å². The van der Waals surface area contributed by atoms with Crippen LogP contribution in [0.4, 0.5) is 0 Å². The van der Waals surface area contributed by atoms with E-state index in [4.69, 9.17) is 0 Å². The predicted molar refractivity (Wildman–Crippen MR) is 97.7 cm³/mol. The number of carbonyl (C=O) groups is 1. The van der Waals surface area contributed by atoms with Crippen LogP contribution in [0.25, 0.3) is 0 Å². The third kappa shape index (κ3) is 4.43. The van der Waals surface area contributed by atoms with Gasteiger partial charge in [0.15, 0.2) is 0 Å². The van der Waals surface area contributed by atoms with Gasteiger partial charge in [0.25, 0.3) is 0 Å². The molecule has 0 aromatic heterocycles. The average molecular weight is 339 g/mol. The number of carboxylic acid groups (broad SMARTS) is 1. The Bertz CT molecular complexity index is 559. The van der Waals surface area contributed by atoms with Crippen LogP contribution in [0.5, 0.6) is 5.75 Å². The van der Waals surface area contributed by atoms with Crippen molar-refractivity contribution in [3.63, 3.8) is 0 Å². The molecule has 0 saturated heterocycles. The minimum atomic E-state index is -0.874. The number of aromatic hydroxyl groups is 1. The van der Waals surface area contributed by atoms with E-state index in [9.17, 15) is 15.0 Å². The zero-order valence-electron chi connectivity index (χ0n) is 15.6. The summed E-state index contributed by atoms with van der Waals surface area (Å²) >= 11 is 1.36. The molecule has 23 heavy (non-hydrogen) atoms. The molecule has 0 aliphatic carbocycles. The molecule has 0 amide bonds. The fourth-order valence-corrected chi connectivity index (χ4v) is 3.44. The fourth-order valence-electron chi connectivity index (χ4n) is 2.34. The van der Waals surface area contributed by atoms with Gasteiger partial charge in [0, 0.05) is 16.0 Å². The quantitative estimate of drug-likeness (QED) is 0.728. The van der Waals surface area contributed by atoms with Gasteiger partial charge in [0.05, 0.1) is 0 Å². The SMILES string of the molecule is CC[C@](C)(Sc1cc(C(C)(C)C)c(O)c(C(C)(C)C)c1)C(=O)O. The maximum absolute atomic E-state index is 11.6. The van der Waals surface area contributed by atoms with Crippen LogP contribution in [-0.4, -0.2) is 20.9 Å². The number of thioether (sulfide) groups is 1. The molecule has 0 fully saturated rings. The summed E-state index contributed by atoms with van der Waals surface area (Å²) in [6, 6.07) is 3.87. The number of carboxylic acids is 1. The molecule has 4 heteroatoms. The Balaban J connectivity index is 3.54. The van der Waals surface area contributed by atoms with Gasteiger partial charge in [-0.15, -0.1) is 11.8 Å². The van der Waals surface area contributed by atoms with Crippen LogP contribution in [0.2, 0.25) is 0 Å². The summed E-state index contributed by atoms with van der Waals surface area (Å²) in [5, 5.41) is 20.3. The van der Waals surface area contributed by atoms with Gasteiger partial charge < -0.3 is 10.2 Å². The number of hydrogen-bond acceptors (Lipinski definition) is 3. The molecule has 0 radical (unpaired) electrons. The van der Waals surface area contributed by atoms with Crippen LogP contribution < -0.4 is 0 Å². The number of phenolic OH excluding ortho intramolecular Hbond substituents is 1. The average Bonchev–Trinajstić information content (AvgIpc) is 2.37. The van der Waals surface area contributed by atoms with Crippen molar-refractivity contribution in [3.05, 3.63) is 23.3 Å². The maximum atomic E-state index is 11.6. The van der Waals surface area contributed by atoms with E-state index in [0.717, 1.165) is 16.0 Å². The van der Waals surface area contributed by atoms with Crippen LogP contribution in [0.15, 0.2) is 17.0 Å². The highest BCUT2D eigenvalue weighted by Gasteiger charge is 2.34. The smallest absolute Gasteiger partial charge is 0.319 e. The van der Waals surface area contributed by atoms with Crippen molar-refractivity contribution in [1.29, 1.82) is 0 Å². The Morgan fingerprint density at radius 3 is 1.65 bits per heavy atom. The van der Waals surface area contributed by atoms with Crippen LogP contribution in [0, 0.1) is 0 Å². The van der Waals surface area contributed by atoms with E-state index in [1.54, 1.807) is 6.92 Å². The van der Waals surface area contributed by atoms with Crippen molar-refractivity contribution >= 4 is 17.7 Å². The fraction of sp³-hybridized carbons (Fsp3) is 0.632. The van der Waals surface area contributed by atoms with E-state index in [0.29, 0.717) is 12.2 Å². The largest absolute Gasteiger partial charge is 0.507 e. The Morgan fingerprint density at radius 2 is 1.39 bits per heavy atom. The van der Waals surface area contributed by atoms with E-state index in [1.165, 1.54) is 11.8 Å². The third-order valence-electron chi connectivity index (χ3n) is 4.17. The Kier molecular flexibility index (Phi) is 5.52. The molecule has 1 aromatic rings. The molecule has 1 aromatic carbocycles. The summed E-state index contributed by atoms with van der Waals surface area (Å²) in [5.74, 6) is -0.490. The van der Waals surface area contributed by atoms with Gasteiger partial charge in [-0.3, -0.25) is 4.79 Å². The Hall–Kier alpha value is -1.16. The lowest BCUT2D eigenvalue weighted by atomic mass is 9.79. The summed E-state index contributed by atoms with van der Waals surface area (Å²) in [5.41, 5.74) is 1.28. The van der Waals surface area contributed by atoms with Crippen LogP contribution >= 0.6 is 11.8 Å². The molecule has 0 aliphatic heterocycles. The van der Waals surface area contributed by atoms with Gasteiger partial charge in [-0.1, -0.05) is 48.5 Å². The number of rotatable bonds is 4. The highest BCUT2D eigenvalue weighted by molar-refractivity contribution is 8.01. The molecule has 0 spiro atoms. The minimum absolute atomic E-state index is 0.216. The lowest BCUT2D eigenvalue weighted by Crippen LogP contribution is -2.30. The second-order valence-electron chi connectivity index (χ2n) is 8.36. The van der Waals surface area contributed by atoms with E-state index in [-0.39, 0.29) is 10.8 Å². The molecule has 0 bridgehead atoms. The number of phenols is 1. The number of hydrogen-bond donors (Lipinski definition) is 2. The maximum Gasteiger partial charge on any atom is 0.319 e. The topological polar surface area (TPSA) is 57.5 Å². The van der Waals surface area contributed by atoms with E-state index in [2.05, 4.69) is 41.5 Å². The minimum Gasteiger partial charge on any atom is -0.507 e. The van der Waals surface area contributed by atoms with Crippen molar-refractivity contribution in [1.82, 2.24) is 0 Å². The first-order valence-corrected chi connectivity index (χ1v) is 8.84. The van der Waals surface area contributed by atoms with Gasteiger partial charge in [0.1, 0.15) is 10.5 Å². The zero-order valence-corrected chi connectivity index (χ0v) is 16.4. The standard InChI is InChI=1S/C19H30O3S/c1-9-19(8,16(21)22)23-12-10-13(17(2,3)4)15(20)14(11-12)18(5,6)7/h10-11,20H,9H2,1-8H3,(H,21,22)/t19-/m0/s1. The van der Waals surface area contributed by atoms with Crippen molar-refractivity contribution in [2.75, 3.05) is 0 Å². The highest BCUT2D eigenvalue weighted by atomic mass is 32.2. The summed E-state index contributed by atoms with van der Waals surface area (Å²) in [7, 11) is 0. The van der Waals surface area contributed by atoms with E-state index < -0.39 is 10.7 Å². The lowest BCUT2D eigenvalue weighted by Gasteiger charge is -2.30. The summed E-state index contributed by atoms with van der Waals surface area (Å²) < 4.78 is -0.874. The Labute approximate surface area is 144 Å². The normalized spacial score (nSPS) is 15.3. The molecule has 0 unspecified atom stereocenters. The molecule has 0 saturated carbocycles. The first-order chi connectivity index (χ1) is 10.2. The molecular formula is C19H30O3S. The van der Waals surface area contributed by atoms with Crippen molar-refractivity contribution in [2.24, 2.45) is 0 Å². The number of aliphatic carboxylic acids is 1. The molecule has 0 heterocycles. The number of benzene rings is 1. The van der Waals surface area contributed by atoms with Crippen molar-refractivity contribution in [2.45, 2.75) is 82.3 Å². The van der Waals surface area contributed by atoms with Crippen LogP contribution in [0.3, 0.4) is 0 Å². The Morgan fingerprint density at radius 1 is 1.00 bits per heavy atom. The van der Waals surface area contributed by atoms with E-state index >= 15 is 0 Å². The molecule has 130 valence electrons. The predicted octanol–water partition coefficient (Wildman–Crippen LogP) is 5.33. The van der Waals surface area contributed by atoms with Gasteiger partial charge in [-0.05, 0) is 36.3 Å². The molecular weight excluding hydrogens is 308 g/mol. The zero-order chi connectivity index (χ0) is 18.2. The van der Waals surface area contributed by atoms with Gasteiger partial charge in [-0.25, -0.2) is 0 Å². The second kappa shape index (κ2) is 6.39. The monoisotopic (exact) mass is 338 g/mol. The summed E-state index contributed by atoms with van der Waals surface area (Å²) in [6.07, 6.45) is 0.531. The molecule has 0 aliphatic rings. The highest BCUT2D eigenvalue weighted by Crippen LogP contribution is 2.44. The second-order valence-corrected chi connectivity index (χ2v) is 9.94. The molecule has 3 nitrogen and oxygen atoms in total. The van der Waals surface area contributed by atoms with Crippen molar-refractivity contribution in [3.8, 4) is 5.75 Å². The first kappa shape index (κ1) is 19.9. The van der Waals surface area contributed by atoms with Gasteiger partial charge >= 0.3 is 5.97 Å². The van der Waals surface area contributed by atoms with Crippen LogP contribution in [0.1, 0.15) is 72.9 Å². The third-order valence-corrected chi connectivity index (χ3v) is 5.55. The lowest BCUT2D eigenvalue weighted by molar-refractivity contribution is -0.139. The van der Waals surface area contributed by atoms with E-state index in [1.807, 2.05) is 19.1 Å². The summed E-state index contributed by atoms with van der Waals surface area (Å²) in [6.45, 7) is 16.0. The molecule has 1 atom stereocenters.